The molecule has 0 aliphatic carbocycles. The fourth-order valence-corrected chi connectivity index (χ4v) is 8.96. The van der Waals surface area contributed by atoms with Crippen molar-refractivity contribution in [3.63, 3.8) is 0 Å². The number of hydrogen-bond donors (Lipinski definition) is 0. The van der Waals surface area contributed by atoms with Crippen molar-refractivity contribution in [2.45, 2.75) is 0 Å². The van der Waals surface area contributed by atoms with Crippen LogP contribution in [0.1, 0.15) is 0 Å². The van der Waals surface area contributed by atoms with Crippen molar-refractivity contribution >= 4 is 78.4 Å². The molecule has 10 aromatic rings. The molecule has 5 nitrogen and oxygen atoms in total. The van der Waals surface area contributed by atoms with Crippen molar-refractivity contribution < 1.29 is 0 Å². The third kappa shape index (κ3) is 4.00. The third-order valence-electron chi connectivity index (χ3n) is 11.2. The van der Waals surface area contributed by atoms with Gasteiger partial charge in [-0.15, -0.1) is 0 Å². The first kappa shape index (κ1) is 28.6. The molecule has 4 heterocycles. The van der Waals surface area contributed by atoms with Crippen LogP contribution in [0.25, 0.3) is 77.3 Å². The zero-order valence-corrected chi connectivity index (χ0v) is 28.5. The summed E-state index contributed by atoms with van der Waals surface area (Å²) in [5.41, 5.74) is 11.5. The van der Waals surface area contributed by atoms with Crippen LogP contribution in [-0.2, 0) is 0 Å². The topological polar surface area (TPSA) is 46.8 Å². The van der Waals surface area contributed by atoms with Gasteiger partial charge in [-0.2, -0.15) is 9.97 Å². The van der Waals surface area contributed by atoms with Crippen molar-refractivity contribution in [2.24, 2.45) is 0 Å². The van der Waals surface area contributed by atoms with Gasteiger partial charge in [0, 0.05) is 49.9 Å². The Morgan fingerprint density at radius 3 is 1.81 bits per heavy atom. The molecule has 244 valence electrons. The predicted molar refractivity (Wildman–Crippen MR) is 219 cm³/mol. The minimum absolute atomic E-state index is 0.0846. The van der Waals surface area contributed by atoms with Crippen molar-refractivity contribution in [2.75, 3.05) is 4.90 Å². The fraction of sp³-hybridized carbons (Fsp3) is 0. The smallest absolute Gasteiger partial charge is 0.333 e. The van der Waals surface area contributed by atoms with Crippen LogP contribution < -0.4 is 15.8 Å². The second kappa shape index (κ2) is 10.7. The molecule has 8 aromatic carbocycles. The van der Waals surface area contributed by atoms with E-state index in [0.29, 0.717) is 17.6 Å². The van der Waals surface area contributed by atoms with Gasteiger partial charge in [0.25, 0.3) is 0 Å². The van der Waals surface area contributed by atoms with Gasteiger partial charge in [0.05, 0.1) is 0 Å². The van der Waals surface area contributed by atoms with Crippen molar-refractivity contribution in [3.05, 3.63) is 170 Å². The van der Waals surface area contributed by atoms with Gasteiger partial charge in [0.2, 0.25) is 5.95 Å². The first-order chi connectivity index (χ1) is 26.3. The number of benzene rings is 8. The molecule has 0 atom stereocenters. The zero-order valence-electron chi connectivity index (χ0n) is 28.5. The lowest BCUT2D eigenvalue weighted by Crippen LogP contribution is -2.57. The lowest BCUT2D eigenvalue weighted by molar-refractivity contribution is 1.02. The summed E-state index contributed by atoms with van der Waals surface area (Å²) in [5, 5.41) is 7.43. The van der Waals surface area contributed by atoms with Crippen molar-refractivity contribution in [1.82, 2.24) is 19.4 Å². The molecule has 53 heavy (non-hydrogen) atoms. The largest absolute Gasteiger partial charge is 0.375 e. The van der Waals surface area contributed by atoms with E-state index in [-0.39, 0.29) is 6.85 Å². The van der Waals surface area contributed by atoms with Gasteiger partial charge in [0.15, 0.2) is 11.6 Å². The van der Waals surface area contributed by atoms with Crippen LogP contribution in [0.4, 0.5) is 17.3 Å². The molecule has 2 aromatic heterocycles. The van der Waals surface area contributed by atoms with Gasteiger partial charge >= 0.3 is 6.85 Å². The van der Waals surface area contributed by atoms with Crippen LogP contribution in [0.2, 0.25) is 0 Å². The van der Waals surface area contributed by atoms with E-state index in [4.69, 9.17) is 15.0 Å². The number of hydrogen-bond acceptors (Lipinski definition) is 4. The molecule has 2 aliphatic rings. The highest BCUT2D eigenvalue weighted by Gasteiger charge is 2.44. The van der Waals surface area contributed by atoms with E-state index in [1.165, 1.54) is 65.4 Å². The SMILES string of the molecule is c1ccc(-c2nc(-c3ccccc3)nc(N3c4cccc5c4B(c4c3ccc3cc6ccccc6cc43)n3c4ccccc4c4cccc-5c43)n2)cc1. The summed E-state index contributed by atoms with van der Waals surface area (Å²) in [6, 6.07) is 60.7. The Morgan fingerprint density at radius 2 is 1.04 bits per heavy atom. The number of nitrogens with zero attached hydrogens (tertiary/aromatic N) is 5. The highest BCUT2D eigenvalue weighted by atomic mass is 15.3. The molecule has 0 amide bonds. The molecular formula is C47H28BN5. The first-order valence-corrected chi connectivity index (χ1v) is 18.1. The van der Waals surface area contributed by atoms with E-state index in [1.807, 2.05) is 36.4 Å². The van der Waals surface area contributed by atoms with Crippen LogP contribution in [0.3, 0.4) is 0 Å². The van der Waals surface area contributed by atoms with E-state index < -0.39 is 0 Å². The van der Waals surface area contributed by atoms with Crippen LogP contribution >= 0.6 is 0 Å². The summed E-state index contributed by atoms with van der Waals surface area (Å²) in [6.07, 6.45) is 0. The van der Waals surface area contributed by atoms with Crippen LogP contribution in [0.15, 0.2) is 170 Å². The number of anilines is 3. The Balaban J connectivity index is 1.24. The maximum absolute atomic E-state index is 5.30. The van der Waals surface area contributed by atoms with Gasteiger partial charge in [-0.1, -0.05) is 140 Å². The van der Waals surface area contributed by atoms with Gasteiger partial charge < -0.3 is 4.48 Å². The van der Waals surface area contributed by atoms with E-state index in [0.717, 1.165) is 22.5 Å². The molecule has 12 rings (SSSR count). The van der Waals surface area contributed by atoms with E-state index in [1.54, 1.807) is 0 Å². The van der Waals surface area contributed by atoms with Crippen molar-refractivity contribution in [1.29, 1.82) is 0 Å². The number of para-hydroxylation sites is 2. The lowest BCUT2D eigenvalue weighted by atomic mass is 9.44. The Morgan fingerprint density at radius 1 is 0.415 bits per heavy atom. The molecule has 0 N–H and O–H groups in total. The third-order valence-corrected chi connectivity index (χ3v) is 11.2. The highest BCUT2D eigenvalue weighted by Crippen LogP contribution is 2.45. The predicted octanol–water partition coefficient (Wildman–Crippen LogP) is 10.0. The maximum Gasteiger partial charge on any atom is 0.333 e. The molecule has 0 spiro atoms. The fourth-order valence-electron chi connectivity index (χ4n) is 8.96. The summed E-state index contributed by atoms with van der Waals surface area (Å²) in [5.74, 6) is 1.86. The standard InChI is InChI=1S/C47H28BN5/c1-3-13-29(14-4-1)45-49-46(30-15-5-2-6-16-30)51-47(50-45)52-40-24-12-20-35-37-22-11-21-36-34-19-9-10-23-39(34)53(44(36)37)48(42(35)40)43-38-28-32-18-8-7-17-31(32)27-33(38)25-26-41(43)52/h1-28H. The number of rotatable bonds is 3. The zero-order chi connectivity index (χ0) is 34.6. The molecule has 6 heteroatoms. The minimum atomic E-state index is -0.0846. The molecule has 0 bridgehead atoms. The van der Waals surface area contributed by atoms with Crippen LogP contribution in [0.5, 0.6) is 0 Å². The summed E-state index contributed by atoms with van der Waals surface area (Å²) >= 11 is 0. The molecule has 0 saturated heterocycles. The maximum atomic E-state index is 5.30. The molecule has 0 radical (unpaired) electrons. The molecule has 0 fully saturated rings. The van der Waals surface area contributed by atoms with E-state index in [2.05, 4.69) is 143 Å². The van der Waals surface area contributed by atoms with Crippen molar-refractivity contribution in [3.8, 4) is 33.9 Å². The Hall–Kier alpha value is -7.05. The van der Waals surface area contributed by atoms with Gasteiger partial charge in [-0.05, 0) is 68.4 Å². The lowest BCUT2D eigenvalue weighted by Gasteiger charge is -2.40. The highest BCUT2D eigenvalue weighted by molar-refractivity contribution is 6.91. The Bertz CT molecular complexity index is 3080. The van der Waals surface area contributed by atoms with Crippen LogP contribution in [-0.4, -0.2) is 26.3 Å². The van der Waals surface area contributed by atoms with E-state index in [9.17, 15) is 0 Å². The second-order valence-corrected chi connectivity index (χ2v) is 14.0. The molecule has 0 saturated carbocycles. The second-order valence-electron chi connectivity index (χ2n) is 14.0. The normalized spacial score (nSPS) is 12.8. The first-order valence-electron chi connectivity index (χ1n) is 18.1. The number of fused-ring (bicyclic) bond motifs is 10. The Kier molecular flexibility index (Phi) is 5.80. The summed E-state index contributed by atoms with van der Waals surface area (Å²) in [4.78, 5) is 17.9. The summed E-state index contributed by atoms with van der Waals surface area (Å²) in [6.45, 7) is -0.0846. The Labute approximate surface area is 305 Å². The molecule has 0 unspecified atom stereocenters. The summed E-state index contributed by atoms with van der Waals surface area (Å²) < 4.78 is 2.61. The number of aromatic nitrogens is 4. The van der Waals surface area contributed by atoms with Gasteiger partial charge in [-0.25, -0.2) is 4.98 Å². The molecular weight excluding hydrogens is 645 g/mol. The van der Waals surface area contributed by atoms with Crippen LogP contribution in [0, 0.1) is 0 Å². The average Bonchev–Trinajstić information content (AvgIpc) is 3.57. The van der Waals surface area contributed by atoms with Gasteiger partial charge in [0.1, 0.15) is 0 Å². The average molecular weight is 674 g/mol. The quantitative estimate of drug-likeness (QED) is 0.138. The summed E-state index contributed by atoms with van der Waals surface area (Å²) in [7, 11) is 0. The minimum Gasteiger partial charge on any atom is -0.375 e. The monoisotopic (exact) mass is 673 g/mol. The van der Waals surface area contributed by atoms with E-state index >= 15 is 0 Å². The van der Waals surface area contributed by atoms with Gasteiger partial charge in [-0.3, -0.25) is 4.90 Å². The molecule has 2 aliphatic heterocycles.